The summed E-state index contributed by atoms with van der Waals surface area (Å²) in [7, 11) is 0. The Morgan fingerprint density at radius 3 is 2.58 bits per heavy atom. The predicted octanol–water partition coefficient (Wildman–Crippen LogP) is 6.57. The Balaban J connectivity index is 1.37. The third-order valence-corrected chi connectivity index (χ3v) is 4.91. The summed E-state index contributed by atoms with van der Waals surface area (Å²) in [6, 6.07) is 19.9. The Kier molecular flexibility index (Phi) is 5.14. The lowest BCUT2D eigenvalue weighted by Crippen LogP contribution is -2.05. The van der Waals surface area contributed by atoms with E-state index in [1.165, 1.54) is 12.1 Å². The molecule has 0 amide bonds. The van der Waals surface area contributed by atoms with Crippen LogP contribution in [-0.4, -0.2) is 20.2 Å². The van der Waals surface area contributed by atoms with Crippen LogP contribution in [-0.2, 0) is 6.18 Å². The summed E-state index contributed by atoms with van der Waals surface area (Å²) >= 11 is 0. The number of anilines is 2. The SMILES string of the molecule is FC(F)(F)c1cccc(Nc2nnc(-c3cccc(Oc4cncc5ccccc45)c3)[nH]2)c1. The van der Waals surface area contributed by atoms with Crippen LogP contribution in [0.25, 0.3) is 22.2 Å². The molecule has 2 heterocycles. The summed E-state index contributed by atoms with van der Waals surface area (Å²) in [5.74, 6) is 1.85. The van der Waals surface area contributed by atoms with Gasteiger partial charge >= 0.3 is 6.18 Å². The minimum absolute atomic E-state index is 0.217. The average Bonchev–Trinajstić information content (AvgIpc) is 3.28. The Labute approximate surface area is 186 Å². The molecule has 0 saturated heterocycles. The number of H-pyrrole nitrogens is 1. The first-order valence-electron chi connectivity index (χ1n) is 9.94. The van der Waals surface area contributed by atoms with Crippen LogP contribution in [0, 0.1) is 0 Å². The lowest BCUT2D eigenvalue weighted by Gasteiger charge is -2.09. The molecule has 0 atom stereocenters. The first-order valence-corrected chi connectivity index (χ1v) is 9.94. The van der Waals surface area contributed by atoms with Gasteiger partial charge in [0.05, 0.1) is 11.8 Å². The van der Waals surface area contributed by atoms with Crippen LogP contribution >= 0.6 is 0 Å². The van der Waals surface area contributed by atoms with Gasteiger partial charge in [0.2, 0.25) is 5.95 Å². The molecule has 5 rings (SSSR count). The summed E-state index contributed by atoms with van der Waals surface area (Å²) in [5.41, 5.74) is 0.193. The Hall–Kier alpha value is -4.40. The number of hydrogen-bond donors (Lipinski definition) is 2. The second kappa shape index (κ2) is 8.27. The fraction of sp³-hybridized carbons (Fsp3) is 0.0417. The van der Waals surface area contributed by atoms with E-state index < -0.39 is 11.7 Å². The molecule has 0 radical (unpaired) electrons. The fourth-order valence-corrected chi connectivity index (χ4v) is 3.36. The molecule has 0 aliphatic rings. The van der Waals surface area contributed by atoms with Crippen LogP contribution in [0.4, 0.5) is 24.8 Å². The summed E-state index contributed by atoms with van der Waals surface area (Å²) in [5, 5.41) is 12.8. The van der Waals surface area contributed by atoms with Crippen molar-refractivity contribution in [2.45, 2.75) is 6.18 Å². The number of alkyl halides is 3. The minimum Gasteiger partial charge on any atom is -0.455 e. The summed E-state index contributed by atoms with van der Waals surface area (Å²) in [6.45, 7) is 0. The number of ether oxygens (including phenoxy) is 1. The van der Waals surface area contributed by atoms with Crippen LogP contribution in [0.1, 0.15) is 5.56 Å². The van der Waals surface area contributed by atoms with Crippen molar-refractivity contribution >= 4 is 22.4 Å². The van der Waals surface area contributed by atoms with Crippen molar-refractivity contribution in [3.8, 4) is 22.9 Å². The number of hydrogen-bond acceptors (Lipinski definition) is 5. The molecule has 0 aliphatic carbocycles. The number of benzene rings is 3. The zero-order valence-corrected chi connectivity index (χ0v) is 17.0. The molecule has 0 saturated carbocycles. The molecule has 0 fully saturated rings. The smallest absolute Gasteiger partial charge is 0.416 e. The molecule has 3 aromatic carbocycles. The summed E-state index contributed by atoms with van der Waals surface area (Å²) < 4.78 is 44.9. The predicted molar refractivity (Wildman–Crippen MR) is 118 cm³/mol. The van der Waals surface area contributed by atoms with Gasteiger partial charge in [-0.25, -0.2) is 0 Å². The van der Waals surface area contributed by atoms with Crippen molar-refractivity contribution < 1.29 is 17.9 Å². The van der Waals surface area contributed by atoms with E-state index in [2.05, 4.69) is 25.5 Å². The minimum atomic E-state index is -4.43. The largest absolute Gasteiger partial charge is 0.455 e. The number of nitrogens with one attached hydrogen (secondary N) is 2. The molecule has 6 nitrogen and oxygen atoms in total. The molecule has 0 aliphatic heterocycles. The Bertz CT molecular complexity index is 1430. The second-order valence-corrected chi connectivity index (χ2v) is 7.21. The molecule has 5 aromatic rings. The van der Waals surface area contributed by atoms with Gasteiger partial charge in [-0.05, 0) is 30.3 Å². The van der Waals surface area contributed by atoms with E-state index in [9.17, 15) is 13.2 Å². The maximum atomic E-state index is 12.9. The number of fused-ring (bicyclic) bond motifs is 1. The van der Waals surface area contributed by atoms with Crippen molar-refractivity contribution in [1.29, 1.82) is 0 Å². The van der Waals surface area contributed by atoms with Crippen molar-refractivity contribution in [2.24, 2.45) is 0 Å². The molecule has 33 heavy (non-hydrogen) atoms. The molecular weight excluding hydrogens is 431 g/mol. The maximum absolute atomic E-state index is 12.9. The van der Waals surface area contributed by atoms with Crippen LogP contribution in [0.5, 0.6) is 11.5 Å². The van der Waals surface area contributed by atoms with E-state index >= 15 is 0 Å². The third-order valence-electron chi connectivity index (χ3n) is 4.91. The van der Waals surface area contributed by atoms with Gasteiger partial charge in [0.1, 0.15) is 5.75 Å². The molecule has 0 unspecified atom stereocenters. The number of pyridine rings is 1. The Morgan fingerprint density at radius 2 is 1.70 bits per heavy atom. The van der Waals surface area contributed by atoms with E-state index in [4.69, 9.17) is 4.74 Å². The molecule has 9 heteroatoms. The van der Waals surface area contributed by atoms with Crippen molar-refractivity contribution in [1.82, 2.24) is 20.2 Å². The van der Waals surface area contributed by atoms with Crippen molar-refractivity contribution in [3.63, 3.8) is 0 Å². The van der Waals surface area contributed by atoms with Crippen LogP contribution in [0.2, 0.25) is 0 Å². The van der Waals surface area contributed by atoms with E-state index in [1.807, 2.05) is 42.5 Å². The number of halogens is 3. The van der Waals surface area contributed by atoms with Crippen LogP contribution in [0.3, 0.4) is 0 Å². The van der Waals surface area contributed by atoms with Crippen molar-refractivity contribution in [3.05, 3.63) is 90.8 Å². The molecule has 2 aromatic heterocycles. The first kappa shape index (κ1) is 20.5. The lowest BCUT2D eigenvalue weighted by molar-refractivity contribution is -0.137. The molecule has 0 spiro atoms. The fourth-order valence-electron chi connectivity index (χ4n) is 3.36. The zero-order valence-electron chi connectivity index (χ0n) is 17.0. The zero-order chi connectivity index (χ0) is 22.8. The van der Waals surface area contributed by atoms with E-state index in [1.54, 1.807) is 18.5 Å². The highest BCUT2D eigenvalue weighted by molar-refractivity contribution is 5.87. The average molecular weight is 447 g/mol. The number of rotatable bonds is 5. The topological polar surface area (TPSA) is 75.7 Å². The standard InChI is InChI=1S/C24H16F3N5O/c25-24(26,27)17-7-4-8-18(12-17)29-23-30-22(31-32-23)15-6-3-9-19(11-15)33-21-14-28-13-16-5-1-2-10-20(16)21/h1-14H,(H2,29,30,31,32). The third kappa shape index (κ3) is 4.47. The van der Waals surface area contributed by atoms with Gasteiger partial charge in [0, 0.05) is 28.2 Å². The first-order chi connectivity index (χ1) is 16.0. The van der Waals surface area contributed by atoms with E-state index in [0.29, 0.717) is 22.9 Å². The summed E-state index contributed by atoms with van der Waals surface area (Å²) in [6.07, 6.45) is -1.00. The van der Waals surface area contributed by atoms with Gasteiger partial charge in [-0.2, -0.15) is 13.2 Å². The van der Waals surface area contributed by atoms with E-state index in [0.717, 1.165) is 22.9 Å². The molecule has 164 valence electrons. The van der Waals surface area contributed by atoms with Gasteiger partial charge in [-0.3, -0.25) is 4.98 Å². The lowest BCUT2D eigenvalue weighted by atomic mass is 10.1. The monoisotopic (exact) mass is 447 g/mol. The quantitative estimate of drug-likeness (QED) is 0.319. The normalized spacial score (nSPS) is 11.5. The van der Waals surface area contributed by atoms with Gasteiger partial charge < -0.3 is 15.0 Å². The maximum Gasteiger partial charge on any atom is 0.416 e. The number of nitrogens with zero attached hydrogens (tertiary/aromatic N) is 3. The van der Waals surface area contributed by atoms with Gasteiger partial charge in [0.25, 0.3) is 0 Å². The Morgan fingerprint density at radius 1 is 0.848 bits per heavy atom. The van der Waals surface area contributed by atoms with Gasteiger partial charge in [0.15, 0.2) is 11.6 Å². The van der Waals surface area contributed by atoms with Gasteiger partial charge in [-0.1, -0.05) is 42.5 Å². The number of aromatic nitrogens is 4. The molecular formula is C24H16F3N5O. The highest BCUT2D eigenvalue weighted by atomic mass is 19.4. The summed E-state index contributed by atoms with van der Waals surface area (Å²) in [4.78, 5) is 7.20. The second-order valence-electron chi connectivity index (χ2n) is 7.21. The van der Waals surface area contributed by atoms with Crippen molar-refractivity contribution in [2.75, 3.05) is 5.32 Å². The highest BCUT2D eigenvalue weighted by Gasteiger charge is 2.30. The number of aromatic amines is 1. The van der Waals surface area contributed by atoms with Crippen LogP contribution in [0.15, 0.2) is 85.2 Å². The van der Waals surface area contributed by atoms with E-state index in [-0.39, 0.29) is 11.6 Å². The van der Waals surface area contributed by atoms with Crippen LogP contribution < -0.4 is 10.1 Å². The van der Waals surface area contributed by atoms with Gasteiger partial charge in [-0.15, -0.1) is 10.2 Å². The highest BCUT2D eigenvalue weighted by Crippen LogP contribution is 2.32. The molecule has 2 N–H and O–H groups in total. The molecule has 0 bridgehead atoms.